The summed E-state index contributed by atoms with van der Waals surface area (Å²) in [4.78, 5) is 6.23. The van der Waals surface area contributed by atoms with E-state index < -0.39 is 9.84 Å². The van der Waals surface area contributed by atoms with E-state index in [0.29, 0.717) is 6.04 Å². The number of nitrogens with one attached hydrogen (secondary N) is 1. The van der Waals surface area contributed by atoms with Crippen LogP contribution in [0.3, 0.4) is 0 Å². The Labute approximate surface area is 214 Å². The van der Waals surface area contributed by atoms with Crippen LogP contribution in [0.5, 0.6) is 0 Å². The molecule has 2 heterocycles. The third kappa shape index (κ3) is 6.62. The van der Waals surface area contributed by atoms with E-state index in [0.717, 1.165) is 18.2 Å². The molecule has 186 valence electrons. The molecule has 4 nitrogen and oxygen atoms in total. The number of allylic oxidation sites excluding steroid dienone is 1. The molecule has 0 aliphatic carbocycles. The van der Waals surface area contributed by atoms with Gasteiger partial charge < -0.3 is 9.88 Å². The van der Waals surface area contributed by atoms with E-state index >= 15 is 0 Å². The molecule has 4 aromatic rings. The first kappa shape index (κ1) is 25.7. The number of nitrogens with zero attached hydrogens (tertiary/aromatic N) is 1. The maximum absolute atomic E-state index is 11.1. The van der Waals surface area contributed by atoms with Crippen LogP contribution in [0.1, 0.15) is 29.5 Å². The monoisotopic (exact) mass is 498 g/mol. The molecule has 5 rings (SSSR count). The number of aromatic amines is 1. The first-order valence-electron chi connectivity index (χ1n) is 12.4. The second kappa shape index (κ2) is 12.0. The third-order valence-corrected chi connectivity index (χ3v) is 8.08. The lowest BCUT2D eigenvalue weighted by atomic mass is 10.0. The van der Waals surface area contributed by atoms with E-state index in [9.17, 15) is 8.42 Å². The lowest BCUT2D eigenvalue weighted by Gasteiger charge is -2.18. The number of fused-ring (bicyclic) bond motifs is 1. The van der Waals surface area contributed by atoms with Crippen molar-refractivity contribution < 1.29 is 8.42 Å². The average molecular weight is 499 g/mol. The Balaban J connectivity index is 0.000000233. The van der Waals surface area contributed by atoms with Crippen LogP contribution in [0.15, 0.2) is 108 Å². The van der Waals surface area contributed by atoms with Crippen molar-refractivity contribution in [3.8, 4) is 0 Å². The fourth-order valence-electron chi connectivity index (χ4n) is 4.61. The van der Waals surface area contributed by atoms with Crippen LogP contribution in [0.25, 0.3) is 17.0 Å². The normalized spacial score (nSPS) is 16.2. The minimum atomic E-state index is -3.23. The SMILES string of the molecule is C=CS(=O)(=O)c1ccccc1.CN1CCC[C@@H]1Cc1c[nH]c2ccc(/C=C/Cc3ccccc3)cc12. The van der Waals surface area contributed by atoms with Crippen molar-refractivity contribution in [1.82, 2.24) is 9.88 Å². The summed E-state index contributed by atoms with van der Waals surface area (Å²) in [5.41, 5.74) is 5.33. The van der Waals surface area contributed by atoms with Crippen molar-refractivity contribution in [2.24, 2.45) is 0 Å². The molecular formula is C31H34N2O2S. The topological polar surface area (TPSA) is 53.2 Å². The van der Waals surface area contributed by atoms with Crippen LogP contribution in [-0.4, -0.2) is 37.9 Å². The molecule has 1 N–H and O–H groups in total. The second-order valence-corrected chi connectivity index (χ2v) is 11.1. The first-order valence-corrected chi connectivity index (χ1v) is 13.9. The van der Waals surface area contributed by atoms with Gasteiger partial charge in [-0.3, -0.25) is 0 Å². The maximum Gasteiger partial charge on any atom is 0.199 e. The predicted octanol–water partition coefficient (Wildman–Crippen LogP) is 6.66. The zero-order chi connectivity index (χ0) is 25.4. The molecule has 1 atom stereocenters. The predicted molar refractivity (Wildman–Crippen MR) is 151 cm³/mol. The summed E-state index contributed by atoms with van der Waals surface area (Å²) < 4.78 is 22.2. The fourth-order valence-corrected chi connectivity index (χ4v) is 5.34. The number of aromatic nitrogens is 1. The molecular weight excluding hydrogens is 464 g/mol. The number of rotatable bonds is 7. The zero-order valence-electron chi connectivity index (χ0n) is 20.8. The number of H-pyrrole nitrogens is 1. The molecule has 0 saturated carbocycles. The van der Waals surface area contributed by atoms with Crippen LogP contribution in [0.2, 0.25) is 0 Å². The Morgan fingerprint density at radius 2 is 1.75 bits per heavy atom. The number of hydrogen-bond donors (Lipinski definition) is 1. The lowest BCUT2D eigenvalue weighted by Crippen LogP contribution is -2.26. The van der Waals surface area contributed by atoms with E-state index in [4.69, 9.17) is 0 Å². The van der Waals surface area contributed by atoms with E-state index in [2.05, 4.69) is 90.4 Å². The van der Waals surface area contributed by atoms with Crippen LogP contribution < -0.4 is 0 Å². The fraction of sp³-hybridized carbons (Fsp3) is 0.226. The summed E-state index contributed by atoms with van der Waals surface area (Å²) in [6.07, 6.45) is 11.5. The molecule has 1 aliphatic rings. The van der Waals surface area contributed by atoms with Crippen LogP contribution in [-0.2, 0) is 22.7 Å². The van der Waals surface area contributed by atoms with E-state index in [1.807, 2.05) is 0 Å². The van der Waals surface area contributed by atoms with Gasteiger partial charge in [0.15, 0.2) is 9.84 Å². The van der Waals surface area contributed by atoms with Crippen molar-refractivity contribution >= 4 is 26.8 Å². The Morgan fingerprint density at radius 3 is 2.42 bits per heavy atom. The third-order valence-electron chi connectivity index (χ3n) is 6.72. The number of hydrogen-bond acceptors (Lipinski definition) is 3. The molecule has 0 amide bonds. The lowest BCUT2D eigenvalue weighted by molar-refractivity contribution is 0.310. The summed E-state index contributed by atoms with van der Waals surface area (Å²) in [5, 5.41) is 2.32. The Bertz CT molecular complexity index is 1410. The maximum atomic E-state index is 11.1. The van der Waals surface area contributed by atoms with Gasteiger partial charge in [0.1, 0.15) is 0 Å². The van der Waals surface area contributed by atoms with Crippen LogP contribution in [0, 0.1) is 0 Å². The van der Waals surface area contributed by atoms with Crippen molar-refractivity contribution in [3.63, 3.8) is 0 Å². The molecule has 5 heteroatoms. The average Bonchev–Trinajstić information content (AvgIpc) is 3.51. The highest BCUT2D eigenvalue weighted by molar-refractivity contribution is 7.94. The zero-order valence-corrected chi connectivity index (χ0v) is 21.6. The number of likely N-dealkylation sites (N-methyl/N-ethyl adjacent to an activating group) is 1. The minimum Gasteiger partial charge on any atom is -0.361 e. The number of sulfone groups is 1. The van der Waals surface area contributed by atoms with Gasteiger partial charge in [-0.25, -0.2) is 8.42 Å². The van der Waals surface area contributed by atoms with Gasteiger partial charge in [0.05, 0.1) is 4.90 Å². The van der Waals surface area contributed by atoms with E-state index in [-0.39, 0.29) is 4.90 Å². The first-order chi connectivity index (χ1) is 17.5. The summed E-state index contributed by atoms with van der Waals surface area (Å²) in [6, 6.07) is 26.2. The Hall–Kier alpha value is -3.41. The molecule has 1 aliphatic heterocycles. The van der Waals surface area contributed by atoms with Gasteiger partial charge in [0.2, 0.25) is 0 Å². The van der Waals surface area contributed by atoms with Gasteiger partial charge in [-0.15, -0.1) is 0 Å². The van der Waals surface area contributed by atoms with Crippen molar-refractivity contribution in [2.45, 2.75) is 36.6 Å². The smallest absolute Gasteiger partial charge is 0.199 e. The molecule has 1 fully saturated rings. The summed E-state index contributed by atoms with van der Waals surface area (Å²) in [5.74, 6) is 0. The minimum absolute atomic E-state index is 0.287. The Morgan fingerprint density at radius 1 is 1.03 bits per heavy atom. The van der Waals surface area contributed by atoms with Crippen molar-refractivity contribution in [1.29, 1.82) is 0 Å². The van der Waals surface area contributed by atoms with E-state index in [1.54, 1.807) is 18.2 Å². The van der Waals surface area contributed by atoms with Crippen molar-refractivity contribution in [3.05, 3.63) is 120 Å². The van der Waals surface area contributed by atoms with E-state index in [1.165, 1.54) is 59.1 Å². The highest BCUT2D eigenvalue weighted by atomic mass is 32.2. The molecule has 0 bridgehead atoms. The molecule has 1 saturated heterocycles. The van der Waals surface area contributed by atoms with Gasteiger partial charge in [-0.1, -0.05) is 73.3 Å². The molecule has 3 aromatic carbocycles. The van der Waals surface area contributed by atoms with Gasteiger partial charge in [0, 0.05) is 28.5 Å². The van der Waals surface area contributed by atoms with Gasteiger partial charge in [0.25, 0.3) is 0 Å². The quantitative estimate of drug-likeness (QED) is 0.310. The summed E-state index contributed by atoms with van der Waals surface area (Å²) in [6.45, 7) is 4.46. The highest BCUT2D eigenvalue weighted by Crippen LogP contribution is 2.26. The van der Waals surface area contributed by atoms with Gasteiger partial charge in [-0.05, 0) is 80.2 Å². The number of likely N-dealkylation sites (tertiary alicyclic amines) is 1. The second-order valence-electron chi connectivity index (χ2n) is 9.22. The molecule has 0 spiro atoms. The highest BCUT2D eigenvalue weighted by Gasteiger charge is 2.22. The Kier molecular flexibility index (Phi) is 8.57. The molecule has 0 radical (unpaired) electrons. The van der Waals surface area contributed by atoms with Gasteiger partial charge in [-0.2, -0.15) is 0 Å². The van der Waals surface area contributed by atoms with Crippen molar-refractivity contribution in [2.75, 3.05) is 13.6 Å². The molecule has 36 heavy (non-hydrogen) atoms. The molecule has 0 unspecified atom stereocenters. The number of benzene rings is 3. The van der Waals surface area contributed by atoms with Crippen LogP contribution in [0.4, 0.5) is 0 Å². The summed E-state index contributed by atoms with van der Waals surface area (Å²) >= 11 is 0. The molecule has 1 aromatic heterocycles. The summed E-state index contributed by atoms with van der Waals surface area (Å²) in [7, 11) is -0.980. The van der Waals surface area contributed by atoms with Gasteiger partial charge >= 0.3 is 0 Å². The van der Waals surface area contributed by atoms with Crippen LogP contribution >= 0.6 is 0 Å². The standard InChI is InChI=1S/C23H26N2.C8H8O2S/c1-25-14-6-11-21(25)16-20-17-24-23-13-12-19(15-22(20)23)10-5-9-18-7-3-2-4-8-18;1-2-11(9,10)8-6-4-3-5-7-8/h2-5,7-8,10,12-13,15,17,21,24H,6,9,11,14,16H2,1H3;2-7H,1H2/b10-5+;/t21-;/m1./s1. The largest absolute Gasteiger partial charge is 0.361 e.